The van der Waals surface area contributed by atoms with Gasteiger partial charge in [-0.05, 0) is 25.8 Å². The minimum atomic E-state index is 0.226. The molecule has 4 heteroatoms. The number of nitrogens with one attached hydrogen (secondary N) is 1. The van der Waals surface area contributed by atoms with Gasteiger partial charge in [0.05, 0.1) is 12.0 Å². The molecule has 86 valence electrons. The van der Waals surface area contributed by atoms with E-state index in [9.17, 15) is 4.79 Å². The number of likely N-dealkylation sites (tertiary alicyclic amines) is 1. The van der Waals surface area contributed by atoms with Gasteiger partial charge in [-0.25, -0.2) is 0 Å². The van der Waals surface area contributed by atoms with Crippen LogP contribution in [0.25, 0.3) is 0 Å². The van der Waals surface area contributed by atoms with Gasteiger partial charge < -0.3 is 15.0 Å². The molecule has 0 aromatic rings. The van der Waals surface area contributed by atoms with E-state index in [0.29, 0.717) is 12.0 Å². The zero-order chi connectivity index (χ0) is 10.7. The van der Waals surface area contributed by atoms with Gasteiger partial charge in [0.25, 0.3) is 0 Å². The van der Waals surface area contributed by atoms with Gasteiger partial charge >= 0.3 is 0 Å². The number of amides is 1. The van der Waals surface area contributed by atoms with E-state index < -0.39 is 0 Å². The first-order valence-electron chi connectivity index (χ1n) is 5.83. The van der Waals surface area contributed by atoms with Crippen LogP contribution in [0.3, 0.4) is 0 Å². The molecule has 0 unspecified atom stereocenters. The van der Waals surface area contributed by atoms with Crippen LogP contribution in [0.4, 0.5) is 0 Å². The molecule has 0 aromatic carbocycles. The van der Waals surface area contributed by atoms with Crippen molar-refractivity contribution < 1.29 is 9.53 Å². The first-order valence-corrected chi connectivity index (χ1v) is 5.83. The molecular formula is C11H20N2O2. The Bertz CT molecular complexity index is 219. The summed E-state index contributed by atoms with van der Waals surface area (Å²) in [5.41, 5.74) is 0. The van der Waals surface area contributed by atoms with Crippen LogP contribution in [0.2, 0.25) is 0 Å². The standard InChI is InChI=1S/C11H20N2O2/c1-15-10-3-6-13(7-4-10)11(14)9-2-5-12-8-9/h9-10,12H,2-8H2,1H3/t9-/m1/s1. The zero-order valence-electron chi connectivity index (χ0n) is 9.37. The smallest absolute Gasteiger partial charge is 0.227 e. The molecular weight excluding hydrogens is 192 g/mol. The van der Waals surface area contributed by atoms with Crippen molar-refractivity contribution in [1.82, 2.24) is 10.2 Å². The Morgan fingerprint density at radius 2 is 2.07 bits per heavy atom. The highest BCUT2D eigenvalue weighted by molar-refractivity contribution is 5.79. The fourth-order valence-corrected chi connectivity index (χ4v) is 2.44. The Labute approximate surface area is 91.0 Å². The van der Waals surface area contributed by atoms with Crippen molar-refractivity contribution in [2.45, 2.75) is 25.4 Å². The van der Waals surface area contributed by atoms with E-state index >= 15 is 0 Å². The molecule has 2 aliphatic rings. The van der Waals surface area contributed by atoms with Crippen LogP contribution in [-0.4, -0.2) is 50.2 Å². The third-order valence-corrected chi connectivity index (χ3v) is 3.50. The Morgan fingerprint density at radius 3 is 2.60 bits per heavy atom. The summed E-state index contributed by atoms with van der Waals surface area (Å²) in [6.45, 7) is 3.59. The molecule has 15 heavy (non-hydrogen) atoms. The van der Waals surface area contributed by atoms with Gasteiger partial charge in [-0.3, -0.25) is 4.79 Å². The minimum absolute atomic E-state index is 0.226. The van der Waals surface area contributed by atoms with Crippen molar-refractivity contribution in [3.63, 3.8) is 0 Å². The summed E-state index contributed by atoms with van der Waals surface area (Å²) in [5, 5.41) is 3.24. The van der Waals surface area contributed by atoms with Gasteiger partial charge in [0.2, 0.25) is 5.91 Å². The van der Waals surface area contributed by atoms with Crippen LogP contribution in [0, 0.1) is 5.92 Å². The lowest BCUT2D eigenvalue weighted by atomic mass is 10.0. The van der Waals surface area contributed by atoms with E-state index in [-0.39, 0.29) is 5.92 Å². The molecule has 1 atom stereocenters. The number of hydrogen-bond donors (Lipinski definition) is 1. The van der Waals surface area contributed by atoms with Crippen molar-refractivity contribution >= 4 is 5.91 Å². The predicted octanol–water partition coefficient (Wildman–Crippen LogP) is 0.233. The molecule has 2 heterocycles. The van der Waals surface area contributed by atoms with Crippen LogP contribution in [0.5, 0.6) is 0 Å². The predicted molar refractivity (Wildman–Crippen MR) is 57.6 cm³/mol. The maximum Gasteiger partial charge on any atom is 0.227 e. The average molecular weight is 212 g/mol. The van der Waals surface area contributed by atoms with Crippen molar-refractivity contribution in [2.24, 2.45) is 5.92 Å². The summed E-state index contributed by atoms with van der Waals surface area (Å²) in [4.78, 5) is 14.0. The van der Waals surface area contributed by atoms with Crippen molar-refractivity contribution in [3.05, 3.63) is 0 Å². The Kier molecular flexibility index (Phi) is 3.59. The van der Waals surface area contributed by atoms with Gasteiger partial charge in [0, 0.05) is 26.7 Å². The summed E-state index contributed by atoms with van der Waals surface area (Å²) in [5.74, 6) is 0.568. The second-order valence-electron chi connectivity index (χ2n) is 4.45. The number of carbonyl (C=O) groups excluding carboxylic acids is 1. The van der Waals surface area contributed by atoms with Gasteiger partial charge in [-0.1, -0.05) is 0 Å². The largest absolute Gasteiger partial charge is 0.381 e. The van der Waals surface area contributed by atoms with Crippen LogP contribution < -0.4 is 5.32 Å². The molecule has 0 spiro atoms. The Balaban J connectivity index is 1.81. The molecule has 2 saturated heterocycles. The lowest BCUT2D eigenvalue weighted by molar-refractivity contribution is -0.137. The summed E-state index contributed by atoms with van der Waals surface area (Å²) in [6.07, 6.45) is 3.34. The van der Waals surface area contributed by atoms with Gasteiger partial charge in [-0.2, -0.15) is 0 Å². The molecule has 0 radical (unpaired) electrons. The molecule has 4 nitrogen and oxygen atoms in total. The van der Waals surface area contributed by atoms with Crippen LogP contribution in [0.15, 0.2) is 0 Å². The number of hydrogen-bond acceptors (Lipinski definition) is 3. The quantitative estimate of drug-likeness (QED) is 0.712. The minimum Gasteiger partial charge on any atom is -0.381 e. The van der Waals surface area contributed by atoms with Crippen molar-refractivity contribution in [2.75, 3.05) is 33.3 Å². The van der Waals surface area contributed by atoms with Crippen LogP contribution in [0.1, 0.15) is 19.3 Å². The van der Waals surface area contributed by atoms with Gasteiger partial charge in [-0.15, -0.1) is 0 Å². The summed E-state index contributed by atoms with van der Waals surface area (Å²) in [6, 6.07) is 0. The Hall–Kier alpha value is -0.610. The zero-order valence-corrected chi connectivity index (χ0v) is 9.37. The van der Waals surface area contributed by atoms with E-state index in [2.05, 4.69) is 5.32 Å². The second-order valence-corrected chi connectivity index (χ2v) is 4.45. The lowest BCUT2D eigenvalue weighted by Crippen LogP contribution is -2.43. The van der Waals surface area contributed by atoms with Gasteiger partial charge in [0.15, 0.2) is 0 Å². The fourth-order valence-electron chi connectivity index (χ4n) is 2.44. The number of methoxy groups -OCH3 is 1. The molecule has 2 fully saturated rings. The summed E-state index contributed by atoms with van der Waals surface area (Å²) in [7, 11) is 1.75. The molecule has 2 rings (SSSR count). The van der Waals surface area contributed by atoms with E-state index in [1.165, 1.54) is 0 Å². The van der Waals surface area contributed by atoms with E-state index in [0.717, 1.165) is 45.4 Å². The second kappa shape index (κ2) is 4.94. The molecule has 1 N–H and O–H groups in total. The number of nitrogens with zero attached hydrogens (tertiary/aromatic N) is 1. The van der Waals surface area contributed by atoms with Crippen molar-refractivity contribution in [3.8, 4) is 0 Å². The number of piperidine rings is 1. The molecule has 2 aliphatic heterocycles. The van der Waals surface area contributed by atoms with E-state index in [1.807, 2.05) is 4.90 Å². The summed E-state index contributed by atoms with van der Waals surface area (Å²) >= 11 is 0. The molecule has 1 amide bonds. The first kappa shape index (κ1) is 10.9. The van der Waals surface area contributed by atoms with Gasteiger partial charge in [0.1, 0.15) is 0 Å². The highest BCUT2D eigenvalue weighted by Gasteiger charge is 2.29. The molecule has 0 bridgehead atoms. The normalized spacial score (nSPS) is 28.3. The maximum absolute atomic E-state index is 12.0. The lowest BCUT2D eigenvalue weighted by Gasteiger charge is -2.32. The van der Waals surface area contributed by atoms with Crippen molar-refractivity contribution in [1.29, 1.82) is 0 Å². The summed E-state index contributed by atoms with van der Waals surface area (Å²) < 4.78 is 5.29. The number of carbonyl (C=O) groups is 1. The third kappa shape index (κ3) is 2.49. The maximum atomic E-state index is 12.0. The van der Waals surface area contributed by atoms with E-state index in [4.69, 9.17) is 4.74 Å². The SMILES string of the molecule is COC1CCN(C(=O)[C@@H]2CCNC2)CC1. The molecule has 0 saturated carbocycles. The molecule has 0 aliphatic carbocycles. The van der Waals surface area contributed by atoms with Crippen LogP contribution >= 0.6 is 0 Å². The monoisotopic (exact) mass is 212 g/mol. The number of rotatable bonds is 2. The van der Waals surface area contributed by atoms with E-state index in [1.54, 1.807) is 7.11 Å². The third-order valence-electron chi connectivity index (χ3n) is 3.50. The topological polar surface area (TPSA) is 41.6 Å². The average Bonchev–Trinajstić information content (AvgIpc) is 2.82. The Morgan fingerprint density at radius 1 is 1.33 bits per heavy atom. The highest BCUT2D eigenvalue weighted by atomic mass is 16.5. The fraction of sp³-hybridized carbons (Fsp3) is 0.909. The number of ether oxygens (including phenoxy) is 1. The van der Waals surface area contributed by atoms with Crippen LogP contribution in [-0.2, 0) is 9.53 Å². The first-order chi connectivity index (χ1) is 7.31. The highest BCUT2D eigenvalue weighted by Crippen LogP contribution is 2.18. The molecule has 0 aromatic heterocycles.